The van der Waals surface area contributed by atoms with E-state index in [1.807, 2.05) is 0 Å². The number of carbonyl (C=O) groups is 7. The molecule has 6 amide bonds. The molecule has 1 saturated carbocycles. The van der Waals surface area contributed by atoms with E-state index in [1.165, 1.54) is 9.80 Å². The largest absolute Gasteiger partial charge is 0.444 e. The number of alkyl carbamates (subject to hydrolysis) is 1. The van der Waals surface area contributed by atoms with Crippen molar-refractivity contribution in [2.24, 2.45) is 11.3 Å². The molecule has 1 aromatic carbocycles. The van der Waals surface area contributed by atoms with E-state index in [1.54, 1.807) is 99.8 Å². The number of carbonyl (C=O) groups excluding carboxylic acids is 7. The molecule has 304 valence electrons. The van der Waals surface area contributed by atoms with Crippen LogP contribution in [-0.2, 0) is 43.0 Å². The van der Waals surface area contributed by atoms with Gasteiger partial charge >= 0.3 is 6.09 Å². The number of Topliss-reactive ketones (excluding diaryl/α,β-unsaturated/α-hetero) is 1. The molecule has 2 heterocycles. The molecule has 4 N–H and O–H groups in total. The summed E-state index contributed by atoms with van der Waals surface area (Å²) >= 11 is 0. The van der Waals surface area contributed by atoms with Gasteiger partial charge in [0.15, 0.2) is 5.79 Å². The van der Waals surface area contributed by atoms with Gasteiger partial charge in [-0.25, -0.2) is 4.79 Å². The van der Waals surface area contributed by atoms with Crippen molar-refractivity contribution < 1.29 is 47.8 Å². The molecule has 16 heteroatoms. The average Bonchev–Trinajstić information content (AvgIpc) is 3.55. The smallest absolute Gasteiger partial charge is 0.408 e. The van der Waals surface area contributed by atoms with Crippen LogP contribution in [0.5, 0.6) is 0 Å². The minimum atomic E-state index is -1.28. The fraction of sp³-hybridized carbons (Fsp3) is 0.667. The van der Waals surface area contributed by atoms with Crippen LogP contribution in [0.1, 0.15) is 92.7 Å². The van der Waals surface area contributed by atoms with Crippen molar-refractivity contribution in [2.45, 2.75) is 129 Å². The van der Waals surface area contributed by atoms with Crippen LogP contribution in [-0.4, -0.2) is 120 Å². The van der Waals surface area contributed by atoms with E-state index >= 15 is 0 Å². The van der Waals surface area contributed by atoms with Crippen molar-refractivity contribution in [3.8, 4) is 0 Å². The van der Waals surface area contributed by atoms with Crippen LogP contribution in [0, 0.1) is 11.3 Å². The molecule has 4 rings (SSSR count). The molecular formula is C39H58N6O10. The first-order valence-electron chi connectivity index (χ1n) is 18.8. The number of fused-ring (bicyclic) bond motifs is 1. The van der Waals surface area contributed by atoms with Gasteiger partial charge in [-0.15, -0.1) is 0 Å². The molecule has 0 aromatic heterocycles. The van der Waals surface area contributed by atoms with Gasteiger partial charge in [0.25, 0.3) is 5.91 Å². The standard InChI is InChI=1S/C39H58N6O10/c1-37(2,3)31(43-36(52)55-38(4,5)6)35(51)45-21-25-30(54-39(7,8)53-25)28(45)32(48)41-24(19-22-15-14-16-22)29(47)33(49)40-20-26(46)42-27(34(50)44(9)10)23-17-12-11-13-18-23/h11-13,17-18,22,24-25,27-28,30-31H,14-16,19-21H2,1-10H3,(H,40,49)(H,41,48)(H,42,46)(H,43,52)/t24-,25?,27+,28?,30?,31-/m1/s1. The number of benzene rings is 1. The van der Waals surface area contributed by atoms with Gasteiger partial charge in [0.1, 0.15) is 35.9 Å². The number of hydrogen-bond acceptors (Lipinski definition) is 10. The summed E-state index contributed by atoms with van der Waals surface area (Å²) in [6.45, 7) is 13.1. The summed E-state index contributed by atoms with van der Waals surface area (Å²) < 4.78 is 17.6. The Morgan fingerprint density at radius 1 is 0.927 bits per heavy atom. The Morgan fingerprint density at radius 2 is 1.56 bits per heavy atom. The zero-order valence-electron chi connectivity index (χ0n) is 33.6. The first-order chi connectivity index (χ1) is 25.5. The van der Waals surface area contributed by atoms with E-state index < -0.39 is 95.2 Å². The van der Waals surface area contributed by atoms with Gasteiger partial charge in [0, 0.05) is 14.1 Å². The van der Waals surface area contributed by atoms with Crippen LogP contribution in [0.25, 0.3) is 0 Å². The van der Waals surface area contributed by atoms with E-state index in [0.29, 0.717) is 5.56 Å². The summed E-state index contributed by atoms with van der Waals surface area (Å²) in [4.78, 5) is 97.0. The van der Waals surface area contributed by atoms with Crippen LogP contribution >= 0.6 is 0 Å². The minimum Gasteiger partial charge on any atom is -0.444 e. The van der Waals surface area contributed by atoms with Gasteiger partial charge in [0.05, 0.1) is 19.1 Å². The third-order valence-electron chi connectivity index (χ3n) is 9.76. The number of rotatable bonds is 13. The maximum absolute atomic E-state index is 14.3. The predicted molar refractivity (Wildman–Crippen MR) is 200 cm³/mol. The van der Waals surface area contributed by atoms with Gasteiger partial charge in [-0.05, 0) is 57.9 Å². The number of amides is 6. The van der Waals surface area contributed by atoms with Crippen molar-refractivity contribution in [1.29, 1.82) is 0 Å². The zero-order chi connectivity index (χ0) is 41.0. The number of hydrogen-bond donors (Lipinski definition) is 4. The average molecular weight is 771 g/mol. The molecule has 3 unspecified atom stereocenters. The fourth-order valence-corrected chi connectivity index (χ4v) is 6.87. The van der Waals surface area contributed by atoms with E-state index in [4.69, 9.17) is 14.2 Å². The number of nitrogens with one attached hydrogen (secondary N) is 4. The van der Waals surface area contributed by atoms with Crippen molar-refractivity contribution in [1.82, 2.24) is 31.1 Å². The molecular weight excluding hydrogens is 712 g/mol. The van der Waals surface area contributed by atoms with E-state index in [-0.39, 0.29) is 24.8 Å². The summed E-state index contributed by atoms with van der Waals surface area (Å²) in [5.41, 5.74) is -1.11. The van der Waals surface area contributed by atoms with Crippen LogP contribution in [0.2, 0.25) is 0 Å². The Labute approximate surface area is 323 Å². The highest BCUT2D eigenvalue weighted by atomic mass is 16.8. The first-order valence-corrected chi connectivity index (χ1v) is 18.8. The van der Waals surface area contributed by atoms with Crippen LogP contribution in [0.4, 0.5) is 4.79 Å². The van der Waals surface area contributed by atoms with Crippen LogP contribution < -0.4 is 21.3 Å². The monoisotopic (exact) mass is 770 g/mol. The molecule has 3 fully saturated rings. The van der Waals surface area contributed by atoms with Crippen LogP contribution in [0.15, 0.2) is 30.3 Å². The molecule has 0 spiro atoms. The van der Waals surface area contributed by atoms with Crippen LogP contribution in [0.3, 0.4) is 0 Å². The molecule has 1 aromatic rings. The second-order valence-corrected chi connectivity index (χ2v) is 17.3. The zero-order valence-corrected chi connectivity index (χ0v) is 33.6. The lowest BCUT2D eigenvalue weighted by molar-refractivity contribution is -0.171. The summed E-state index contributed by atoms with van der Waals surface area (Å²) in [5, 5.41) is 10.4. The summed E-state index contributed by atoms with van der Waals surface area (Å²) in [7, 11) is 3.11. The Bertz CT molecular complexity index is 1610. The summed E-state index contributed by atoms with van der Waals surface area (Å²) in [5.74, 6) is -5.47. The second-order valence-electron chi connectivity index (χ2n) is 17.3. The van der Waals surface area contributed by atoms with E-state index in [9.17, 15) is 33.6 Å². The quantitative estimate of drug-likeness (QED) is 0.215. The lowest BCUT2D eigenvalue weighted by Gasteiger charge is -2.37. The Hall–Kier alpha value is -4.57. The third-order valence-corrected chi connectivity index (χ3v) is 9.76. The molecule has 2 saturated heterocycles. The molecule has 0 radical (unpaired) electrons. The van der Waals surface area contributed by atoms with Gasteiger partial charge in [-0.2, -0.15) is 0 Å². The van der Waals surface area contributed by atoms with Gasteiger partial charge < -0.3 is 45.3 Å². The molecule has 16 nitrogen and oxygen atoms in total. The Kier molecular flexibility index (Phi) is 13.4. The topological polar surface area (TPSA) is 202 Å². The highest BCUT2D eigenvalue weighted by Gasteiger charge is 2.58. The normalized spacial score (nSPS) is 22.2. The second kappa shape index (κ2) is 17.1. The third kappa shape index (κ3) is 11.2. The Morgan fingerprint density at radius 3 is 2.11 bits per heavy atom. The number of likely N-dealkylation sites (tertiary alicyclic amines) is 1. The lowest BCUT2D eigenvalue weighted by atomic mass is 9.80. The van der Waals surface area contributed by atoms with Crippen molar-refractivity contribution in [3.63, 3.8) is 0 Å². The number of nitrogens with zero attached hydrogens (tertiary/aromatic N) is 2. The SMILES string of the molecule is CN(C)C(=O)[C@@H](NC(=O)CNC(=O)C(=O)[C@@H](CC1CCC1)NC(=O)C1C2OC(C)(C)OC2CN1C(=O)[C@@H](NC(=O)OC(C)(C)C)C(C)(C)C)c1ccccc1. The Balaban J connectivity index is 1.52. The number of ether oxygens (including phenoxy) is 3. The molecule has 1 aliphatic carbocycles. The first kappa shape index (κ1) is 43.2. The maximum atomic E-state index is 14.3. The minimum absolute atomic E-state index is 0.0370. The molecule has 0 bridgehead atoms. The van der Waals surface area contributed by atoms with Gasteiger partial charge in [-0.3, -0.25) is 28.8 Å². The highest BCUT2D eigenvalue weighted by molar-refractivity contribution is 6.38. The van der Waals surface area contributed by atoms with Crippen molar-refractivity contribution in [3.05, 3.63) is 35.9 Å². The van der Waals surface area contributed by atoms with Gasteiger partial charge in [-0.1, -0.05) is 70.4 Å². The summed E-state index contributed by atoms with van der Waals surface area (Å²) in [6, 6.07) is 3.90. The molecule has 6 atom stereocenters. The lowest BCUT2D eigenvalue weighted by Crippen LogP contribution is -2.61. The maximum Gasteiger partial charge on any atom is 0.408 e. The van der Waals surface area contributed by atoms with Gasteiger partial charge in [0.2, 0.25) is 29.4 Å². The summed E-state index contributed by atoms with van der Waals surface area (Å²) in [6.07, 6.45) is 0.295. The molecule has 3 aliphatic rings. The van der Waals surface area contributed by atoms with E-state index in [2.05, 4.69) is 21.3 Å². The number of likely N-dealkylation sites (N-methyl/N-ethyl adjacent to an activating group) is 1. The van der Waals surface area contributed by atoms with E-state index in [0.717, 1.165) is 19.3 Å². The van der Waals surface area contributed by atoms with Crippen molar-refractivity contribution >= 4 is 41.4 Å². The van der Waals surface area contributed by atoms with Crippen molar-refractivity contribution in [2.75, 3.05) is 27.2 Å². The number of ketones is 1. The fourth-order valence-electron chi connectivity index (χ4n) is 6.87. The predicted octanol–water partition coefficient (Wildman–Crippen LogP) is 1.96. The highest BCUT2D eigenvalue weighted by Crippen LogP contribution is 2.38. The molecule has 2 aliphatic heterocycles. The molecule has 55 heavy (non-hydrogen) atoms.